The fraction of sp³-hybridized carbons (Fsp3) is 0.353. The molecule has 3 amide bonds. The zero-order valence-electron chi connectivity index (χ0n) is 14.1. The molecule has 1 aromatic heterocycles. The molecule has 0 aliphatic rings. The first-order valence-electron chi connectivity index (χ1n) is 7.81. The van der Waals surface area contributed by atoms with Gasteiger partial charge in [0.05, 0.1) is 6.61 Å². The van der Waals surface area contributed by atoms with Crippen molar-refractivity contribution >= 4 is 28.9 Å². The molecule has 2 aromatic rings. The van der Waals surface area contributed by atoms with Gasteiger partial charge in [-0.3, -0.25) is 10.1 Å². The van der Waals surface area contributed by atoms with Crippen molar-refractivity contribution in [1.29, 1.82) is 0 Å². The number of hydrogen-bond donors (Lipinski definition) is 2. The summed E-state index contributed by atoms with van der Waals surface area (Å²) in [4.78, 5) is 35.2. The predicted molar refractivity (Wildman–Crippen MR) is 89.0 cm³/mol. The number of methoxy groups -OCH3 is 1. The van der Waals surface area contributed by atoms with E-state index in [1.54, 1.807) is 18.2 Å². The Kier molecular flexibility index (Phi) is 6.53. The lowest BCUT2D eigenvalue weighted by molar-refractivity contribution is -0.123. The molecule has 2 N–H and O–H groups in total. The monoisotopic (exact) mass is 348 g/mol. The number of amides is 3. The Morgan fingerprint density at radius 1 is 1.20 bits per heavy atom. The number of urea groups is 1. The van der Waals surface area contributed by atoms with Crippen molar-refractivity contribution in [2.45, 2.75) is 20.0 Å². The zero-order chi connectivity index (χ0) is 18.2. The maximum atomic E-state index is 12.2. The van der Waals surface area contributed by atoms with Crippen molar-refractivity contribution in [2.24, 2.45) is 0 Å². The Morgan fingerprint density at radius 2 is 1.96 bits per heavy atom. The maximum Gasteiger partial charge on any atom is 0.375 e. The fourth-order valence-corrected chi connectivity index (χ4v) is 2.19. The van der Waals surface area contributed by atoms with Crippen molar-refractivity contribution < 1.29 is 28.3 Å². The van der Waals surface area contributed by atoms with Crippen LogP contribution in [0.15, 0.2) is 28.7 Å². The molecule has 0 saturated heterocycles. The van der Waals surface area contributed by atoms with Crippen molar-refractivity contribution in [3.63, 3.8) is 0 Å². The molecule has 0 radical (unpaired) electrons. The molecule has 0 aliphatic heterocycles. The molecular weight excluding hydrogens is 328 g/mol. The first-order valence-corrected chi connectivity index (χ1v) is 7.81. The van der Waals surface area contributed by atoms with Crippen LogP contribution in [0.25, 0.3) is 11.0 Å². The van der Waals surface area contributed by atoms with E-state index in [0.717, 1.165) is 11.8 Å². The highest BCUT2D eigenvalue weighted by Gasteiger charge is 2.22. The molecule has 2 rings (SSSR count). The van der Waals surface area contributed by atoms with Crippen LogP contribution in [-0.2, 0) is 20.9 Å². The Balaban J connectivity index is 2.01. The van der Waals surface area contributed by atoms with Crippen molar-refractivity contribution in [2.75, 3.05) is 20.3 Å². The van der Waals surface area contributed by atoms with Gasteiger partial charge in [-0.25, -0.2) is 9.59 Å². The summed E-state index contributed by atoms with van der Waals surface area (Å²) in [6.07, 6.45) is 0.741. The van der Waals surface area contributed by atoms with E-state index >= 15 is 0 Å². The van der Waals surface area contributed by atoms with E-state index in [2.05, 4.69) is 10.6 Å². The first-order chi connectivity index (χ1) is 12.1. The van der Waals surface area contributed by atoms with E-state index in [9.17, 15) is 14.4 Å². The Bertz CT molecular complexity index is 768. The van der Waals surface area contributed by atoms with Crippen LogP contribution in [0.3, 0.4) is 0 Å². The van der Waals surface area contributed by atoms with Crippen LogP contribution in [0.2, 0.25) is 0 Å². The highest BCUT2D eigenvalue weighted by atomic mass is 16.5. The molecule has 0 atom stereocenters. The molecule has 25 heavy (non-hydrogen) atoms. The summed E-state index contributed by atoms with van der Waals surface area (Å²) in [5.74, 6) is -1.55. The lowest BCUT2D eigenvalue weighted by atomic mass is 10.1. The normalized spacial score (nSPS) is 10.5. The first kappa shape index (κ1) is 18.5. The molecule has 8 nitrogen and oxygen atoms in total. The summed E-state index contributed by atoms with van der Waals surface area (Å²) in [5.41, 5.74) is 1.06. The topological polar surface area (TPSA) is 107 Å². The number of ether oxygens (including phenoxy) is 2. The lowest BCUT2D eigenvalue weighted by Crippen LogP contribution is -2.41. The van der Waals surface area contributed by atoms with Gasteiger partial charge >= 0.3 is 12.0 Å². The summed E-state index contributed by atoms with van der Waals surface area (Å²) < 4.78 is 15.5. The van der Waals surface area contributed by atoms with Crippen LogP contribution in [0.5, 0.6) is 0 Å². The van der Waals surface area contributed by atoms with E-state index in [1.165, 1.54) is 7.11 Å². The number of hydrogen-bond acceptors (Lipinski definition) is 6. The Morgan fingerprint density at radius 3 is 2.68 bits per heavy atom. The molecule has 0 bridgehead atoms. The Labute approximate surface area is 144 Å². The number of benzene rings is 1. The number of rotatable bonds is 7. The van der Waals surface area contributed by atoms with Gasteiger partial charge in [0.2, 0.25) is 5.76 Å². The number of fused-ring (bicyclic) bond motifs is 1. The number of nitrogens with one attached hydrogen (secondary N) is 2. The summed E-state index contributed by atoms with van der Waals surface area (Å²) in [6, 6.07) is 6.48. The van der Waals surface area contributed by atoms with E-state index in [1.807, 2.05) is 13.0 Å². The second-order valence-electron chi connectivity index (χ2n) is 5.22. The molecule has 1 heterocycles. The van der Waals surface area contributed by atoms with Gasteiger partial charge in [0, 0.05) is 24.6 Å². The average molecular weight is 348 g/mol. The van der Waals surface area contributed by atoms with E-state index in [4.69, 9.17) is 13.9 Å². The number of furan rings is 1. The van der Waals surface area contributed by atoms with E-state index in [0.29, 0.717) is 17.7 Å². The molecule has 0 unspecified atom stereocenters. The number of carbonyl (C=O) groups excluding carboxylic acids is 3. The average Bonchev–Trinajstić information content (AvgIpc) is 2.97. The van der Waals surface area contributed by atoms with Gasteiger partial charge in [-0.2, -0.15) is 0 Å². The largest absolute Gasteiger partial charge is 0.450 e. The number of esters is 1. The third kappa shape index (κ3) is 4.80. The highest BCUT2D eigenvalue weighted by Crippen LogP contribution is 2.27. The van der Waals surface area contributed by atoms with Crippen molar-refractivity contribution in [3.8, 4) is 0 Å². The van der Waals surface area contributed by atoms with E-state index in [-0.39, 0.29) is 12.4 Å². The smallest absolute Gasteiger partial charge is 0.375 e. The van der Waals surface area contributed by atoms with Crippen LogP contribution in [0, 0.1) is 0 Å². The van der Waals surface area contributed by atoms with Crippen LogP contribution in [0.1, 0.15) is 29.5 Å². The molecular formula is C17H20N2O6. The van der Waals surface area contributed by atoms with Gasteiger partial charge in [0.1, 0.15) is 5.58 Å². The molecule has 0 aliphatic carbocycles. The summed E-state index contributed by atoms with van der Waals surface area (Å²) in [6.45, 7) is 1.89. The van der Waals surface area contributed by atoms with Crippen LogP contribution in [0.4, 0.5) is 4.79 Å². The number of imide groups is 1. The van der Waals surface area contributed by atoms with Gasteiger partial charge in [-0.1, -0.05) is 25.1 Å². The van der Waals surface area contributed by atoms with Crippen LogP contribution in [-0.4, -0.2) is 38.2 Å². The van der Waals surface area contributed by atoms with E-state index < -0.39 is 24.5 Å². The zero-order valence-corrected chi connectivity index (χ0v) is 14.1. The summed E-state index contributed by atoms with van der Waals surface area (Å²) in [7, 11) is 1.50. The number of para-hydroxylation sites is 1. The van der Waals surface area contributed by atoms with Crippen molar-refractivity contribution in [3.05, 3.63) is 35.6 Å². The summed E-state index contributed by atoms with van der Waals surface area (Å²) >= 11 is 0. The fourth-order valence-electron chi connectivity index (χ4n) is 2.19. The summed E-state index contributed by atoms with van der Waals surface area (Å²) in [5, 5.41) is 5.28. The third-order valence-corrected chi connectivity index (χ3v) is 3.30. The van der Waals surface area contributed by atoms with Gasteiger partial charge < -0.3 is 19.2 Å². The van der Waals surface area contributed by atoms with Gasteiger partial charge in [0.15, 0.2) is 6.61 Å². The SMILES string of the molecule is CCCNC(=O)NC(=O)COC(=O)c1oc2ccccc2c1COC. The molecule has 8 heteroatoms. The standard InChI is InChI=1S/C17H20N2O6/c1-3-8-18-17(22)19-14(20)10-24-16(21)15-12(9-23-2)11-6-4-5-7-13(11)25-15/h4-7H,3,8-10H2,1-2H3,(H2,18,19,20,22). The van der Waals surface area contributed by atoms with Gasteiger partial charge in [0.25, 0.3) is 5.91 Å². The predicted octanol–water partition coefficient (Wildman–Crippen LogP) is 1.97. The number of carbonyl (C=O) groups is 3. The minimum Gasteiger partial charge on any atom is -0.450 e. The van der Waals surface area contributed by atoms with Crippen molar-refractivity contribution in [1.82, 2.24) is 10.6 Å². The second-order valence-corrected chi connectivity index (χ2v) is 5.22. The molecule has 0 saturated carbocycles. The second kappa shape index (κ2) is 8.84. The molecule has 0 fully saturated rings. The highest BCUT2D eigenvalue weighted by molar-refractivity contribution is 5.98. The maximum absolute atomic E-state index is 12.2. The minimum atomic E-state index is -0.799. The quantitative estimate of drug-likeness (QED) is 0.741. The molecule has 0 spiro atoms. The van der Waals surface area contributed by atoms with Crippen LogP contribution < -0.4 is 10.6 Å². The minimum absolute atomic E-state index is 0.0220. The van der Waals surface area contributed by atoms with Gasteiger partial charge in [-0.05, 0) is 12.5 Å². The Hall–Kier alpha value is -2.87. The molecule has 134 valence electrons. The van der Waals surface area contributed by atoms with Gasteiger partial charge in [-0.15, -0.1) is 0 Å². The molecule has 1 aromatic carbocycles. The van der Waals surface area contributed by atoms with Crippen LogP contribution >= 0.6 is 0 Å². The lowest BCUT2D eigenvalue weighted by Gasteiger charge is -2.06. The third-order valence-electron chi connectivity index (χ3n) is 3.30.